The minimum Gasteiger partial charge on any atom is -0.399 e. The standard InChI is InChI=1S/C17H21N3O/c1-2-20(11-10-13-6-4-3-5-7-13)17(21)15-9-8-14(18)12-16(15)19/h3-9,12H,2,10-11,18-19H2,1H3. The fraction of sp³-hybridized carbons (Fsp3) is 0.235. The van der Waals surface area contributed by atoms with Crippen LogP contribution in [-0.4, -0.2) is 23.9 Å². The van der Waals surface area contributed by atoms with Gasteiger partial charge in [-0.2, -0.15) is 0 Å². The molecule has 0 saturated carbocycles. The molecular formula is C17H21N3O. The maximum atomic E-state index is 12.5. The highest BCUT2D eigenvalue weighted by molar-refractivity contribution is 5.99. The SMILES string of the molecule is CCN(CCc1ccccc1)C(=O)c1ccc(N)cc1N. The lowest BCUT2D eigenvalue weighted by molar-refractivity contribution is 0.0767. The van der Waals surface area contributed by atoms with Gasteiger partial charge in [-0.1, -0.05) is 30.3 Å². The third-order valence-corrected chi connectivity index (χ3v) is 3.49. The van der Waals surface area contributed by atoms with Crippen LogP contribution in [0, 0.1) is 0 Å². The second-order valence-electron chi connectivity index (χ2n) is 4.97. The van der Waals surface area contributed by atoms with E-state index in [1.807, 2.05) is 25.1 Å². The monoisotopic (exact) mass is 283 g/mol. The summed E-state index contributed by atoms with van der Waals surface area (Å²) in [6.07, 6.45) is 0.829. The fourth-order valence-corrected chi connectivity index (χ4v) is 2.26. The van der Waals surface area contributed by atoms with Crippen molar-refractivity contribution in [3.8, 4) is 0 Å². The van der Waals surface area contributed by atoms with E-state index in [-0.39, 0.29) is 5.91 Å². The van der Waals surface area contributed by atoms with Gasteiger partial charge in [-0.3, -0.25) is 4.79 Å². The van der Waals surface area contributed by atoms with Gasteiger partial charge in [-0.15, -0.1) is 0 Å². The van der Waals surface area contributed by atoms with Crippen LogP contribution in [0.2, 0.25) is 0 Å². The number of hydrogen-bond donors (Lipinski definition) is 2. The first-order valence-corrected chi connectivity index (χ1v) is 7.10. The first kappa shape index (κ1) is 14.9. The maximum absolute atomic E-state index is 12.5. The van der Waals surface area contributed by atoms with Crippen molar-refractivity contribution in [3.63, 3.8) is 0 Å². The number of anilines is 2. The molecule has 0 aliphatic carbocycles. The second kappa shape index (κ2) is 6.79. The Hall–Kier alpha value is -2.49. The van der Waals surface area contributed by atoms with Crippen LogP contribution in [-0.2, 0) is 6.42 Å². The summed E-state index contributed by atoms with van der Waals surface area (Å²) in [6.45, 7) is 3.29. The molecule has 0 radical (unpaired) electrons. The zero-order valence-corrected chi connectivity index (χ0v) is 12.3. The molecule has 2 rings (SSSR count). The van der Waals surface area contributed by atoms with E-state index >= 15 is 0 Å². The quantitative estimate of drug-likeness (QED) is 0.828. The molecule has 0 fully saturated rings. The molecule has 21 heavy (non-hydrogen) atoms. The van der Waals surface area contributed by atoms with Crippen LogP contribution in [0.15, 0.2) is 48.5 Å². The van der Waals surface area contributed by atoms with Crippen molar-refractivity contribution in [2.45, 2.75) is 13.3 Å². The summed E-state index contributed by atoms with van der Waals surface area (Å²) < 4.78 is 0. The third-order valence-electron chi connectivity index (χ3n) is 3.49. The zero-order valence-electron chi connectivity index (χ0n) is 12.3. The summed E-state index contributed by atoms with van der Waals surface area (Å²) in [5.74, 6) is -0.0501. The average molecular weight is 283 g/mol. The molecule has 0 bridgehead atoms. The van der Waals surface area contributed by atoms with Gasteiger partial charge in [0, 0.05) is 24.5 Å². The number of nitrogens with zero attached hydrogens (tertiary/aromatic N) is 1. The molecule has 0 unspecified atom stereocenters. The summed E-state index contributed by atoms with van der Waals surface area (Å²) >= 11 is 0. The molecule has 0 aromatic heterocycles. The molecule has 0 aliphatic heterocycles. The van der Waals surface area contributed by atoms with Gasteiger partial charge in [0.1, 0.15) is 0 Å². The Morgan fingerprint density at radius 3 is 2.43 bits per heavy atom. The second-order valence-corrected chi connectivity index (χ2v) is 4.97. The largest absolute Gasteiger partial charge is 0.399 e. The number of hydrogen-bond acceptors (Lipinski definition) is 3. The molecule has 0 atom stereocenters. The summed E-state index contributed by atoms with van der Waals surface area (Å²) in [7, 11) is 0. The van der Waals surface area contributed by atoms with E-state index in [4.69, 9.17) is 11.5 Å². The maximum Gasteiger partial charge on any atom is 0.255 e. The summed E-state index contributed by atoms with van der Waals surface area (Å²) in [5.41, 5.74) is 14.3. The molecule has 4 heteroatoms. The molecule has 2 aromatic rings. The van der Waals surface area contributed by atoms with E-state index in [2.05, 4.69) is 12.1 Å². The van der Waals surface area contributed by atoms with Crippen LogP contribution in [0.4, 0.5) is 11.4 Å². The molecule has 0 aliphatic rings. The van der Waals surface area contributed by atoms with Gasteiger partial charge in [0.15, 0.2) is 0 Å². The lowest BCUT2D eigenvalue weighted by Gasteiger charge is -2.22. The van der Waals surface area contributed by atoms with E-state index in [0.717, 1.165) is 6.42 Å². The molecule has 1 amide bonds. The highest BCUT2D eigenvalue weighted by Gasteiger charge is 2.16. The van der Waals surface area contributed by atoms with Crippen LogP contribution < -0.4 is 11.5 Å². The average Bonchev–Trinajstić information content (AvgIpc) is 2.48. The number of likely N-dealkylation sites (N-methyl/N-ethyl adjacent to an activating group) is 1. The van der Waals surface area contributed by atoms with E-state index in [1.165, 1.54) is 5.56 Å². The van der Waals surface area contributed by atoms with Gasteiger partial charge in [-0.25, -0.2) is 0 Å². The Morgan fingerprint density at radius 2 is 1.81 bits per heavy atom. The van der Waals surface area contributed by atoms with Crippen LogP contribution in [0.3, 0.4) is 0 Å². The van der Waals surface area contributed by atoms with E-state index in [0.29, 0.717) is 30.0 Å². The van der Waals surface area contributed by atoms with E-state index < -0.39 is 0 Å². The number of carbonyl (C=O) groups is 1. The van der Waals surface area contributed by atoms with Crippen molar-refractivity contribution in [1.82, 2.24) is 4.90 Å². The third kappa shape index (κ3) is 3.75. The van der Waals surface area contributed by atoms with Crippen molar-refractivity contribution >= 4 is 17.3 Å². The van der Waals surface area contributed by atoms with Crippen LogP contribution >= 0.6 is 0 Å². The molecule has 0 heterocycles. The van der Waals surface area contributed by atoms with Crippen molar-refractivity contribution < 1.29 is 4.79 Å². The minimum absolute atomic E-state index is 0.0501. The first-order chi connectivity index (χ1) is 10.1. The normalized spacial score (nSPS) is 10.3. The van der Waals surface area contributed by atoms with Gasteiger partial charge in [0.25, 0.3) is 5.91 Å². The number of carbonyl (C=O) groups excluding carboxylic acids is 1. The van der Waals surface area contributed by atoms with Crippen molar-refractivity contribution in [2.75, 3.05) is 24.6 Å². The topological polar surface area (TPSA) is 72.3 Å². The van der Waals surface area contributed by atoms with Gasteiger partial charge >= 0.3 is 0 Å². The smallest absolute Gasteiger partial charge is 0.255 e. The van der Waals surface area contributed by atoms with Crippen molar-refractivity contribution in [3.05, 3.63) is 59.7 Å². The summed E-state index contributed by atoms with van der Waals surface area (Å²) in [6, 6.07) is 15.1. The Balaban J connectivity index is 2.08. The summed E-state index contributed by atoms with van der Waals surface area (Å²) in [5, 5.41) is 0. The lowest BCUT2D eigenvalue weighted by atomic mass is 10.1. The van der Waals surface area contributed by atoms with Crippen molar-refractivity contribution in [2.24, 2.45) is 0 Å². The van der Waals surface area contributed by atoms with Gasteiger partial charge < -0.3 is 16.4 Å². The van der Waals surface area contributed by atoms with E-state index in [9.17, 15) is 4.79 Å². The zero-order chi connectivity index (χ0) is 15.2. The summed E-state index contributed by atoms with van der Waals surface area (Å²) in [4.78, 5) is 14.3. The van der Waals surface area contributed by atoms with Gasteiger partial charge in [0.05, 0.1) is 5.56 Å². The Labute approximate surface area is 125 Å². The molecule has 0 spiro atoms. The van der Waals surface area contributed by atoms with Gasteiger partial charge in [-0.05, 0) is 37.1 Å². The molecule has 4 N–H and O–H groups in total. The predicted octanol–water partition coefficient (Wildman–Crippen LogP) is 2.56. The highest BCUT2D eigenvalue weighted by Crippen LogP contribution is 2.18. The number of benzene rings is 2. The van der Waals surface area contributed by atoms with Crippen LogP contribution in [0.5, 0.6) is 0 Å². The van der Waals surface area contributed by atoms with Crippen LogP contribution in [0.25, 0.3) is 0 Å². The van der Waals surface area contributed by atoms with E-state index in [1.54, 1.807) is 23.1 Å². The predicted molar refractivity (Wildman–Crippen MR) is 87.0 cm³/mol. The first-order valence-electron chi connectivity index (χ1n) is 7.10. The molecular weight excluding hydrogens is 262 g/mol. The Kier molecular flexibility index (Phi) is 4.82. The minimum atomic E-state index is -0.0501. The Bertz CT molecular complexity index is 611. The van der Waals surface area contributed by atoms with Crippen LogP contribution in [0.1, 0.15) is 22.8 Å². The Morgan fingerprint density at radius 1 is 1.10 bits per heavy atom. The lowest BCUT2D eigenvalue weighted by Crippen LogP contribution is -2.33. The number of amides is 1. The molecule has 2 aromatic carbocycles. The molecule has 110 valence electrons. The molecule has 0 saturated heterocycles. The number of nitrogens with two attached hydrogens (primary N) is 2. The van der Waals surface area contributed by atoms with Crippen molar-refractivity contribution in [1.29, 1.82) is 0 Å². The number of nitrogen functional groups attached to an aromatic ring is 2. The van der Waals surface area contributed by atoms with Gasteiger partial charge in [0.2, 0.25) is 0 Å². The molecule has 4 nitrogen and oxygen atoms in total. The number of rotatable bonds is 5. The fourth-order valence-electron chi connectivity index (χ4n) is 2.26. The highest BCUT2D eigenvalue weighted by atomic mass is 16.2.